The van der Waals surface area contributed by atoms with Crippen molar-refractivity contribution >= 4 is 20.4 Å². The van der Waals surface area contributed by atoms with Gasteiger partial charge in [0.2, 0.25) is 0 Å². The molecule has 0 aromatic carbocycles. The average molecular weight is 461 g/mol. The smallest absolute Gasteiger partial charge is 0.195 e. The van der Waals surface area contributed by atoms with Gasteiger partial charge in [-0.05, 0) is 57.3 Å². The van der Waals surface area contributed by atoms with Crippen molar-refractivity contribution in [3.05, 3.63) is 22.8 Å². The number of ketones is 1. The molecule has 0 radical (unpaired) electrons. The molecular weight excluding hydrogens is 416 g/mol. The summed E-state index contributed by atoms with van der Waals surface area (Å²) in [5.41, 5.74) is -0.197. The van der Waals surface area contributed by atoms with Crippen molar-refractivity contribution in [3.8, 4) is 0 Å². The molecule has 0 amide bonds. The number of unbranched alkanes of at least 4 members (excludes halogenated alkanes) is 3. The Morgan fingerprint density at radius 2 is 1.56 bits per heavy atom. The molecular formula is C27H44O4Si. The lowest BCUT2D eigenvalue weighted by molar-refractivity contribution is -0.138. The van der Waals surface area contributed by atoms with Crippen molar-refractivity contribution in [2.75, 3.05) is 0 Å². The first-order chi connectivity index (χ1) is 15.1. The van der Waals surface area contributed by atoms with Gasteiger partial charge in [-0.1, -0.05) is 70.9 Å². The van der Waals surface area contributed by atoms with Gasteiger partial charge in [0, 0.05) is 11.0 Å². The third-order valence-corrected chi connectivity index (χ3v) is 13.2. The lowest BCUT2D eigenvalue weighted by Crippen LogP contribution is -2.51. The topological polar surface area (TPSA) is 63.6 Å². The zero-order valence-electron chi connectivity index (χ0n) is 21.2. The second kappa shape index (κ2) is 9.30. The van der Waals surface area contributed by atoms with Gasteiger partial charge in [-0.25, -0.2) is 0 Å². The van der Waals surface area contributed by atoms with Crippen LogP contribution in [0, 0.1) is 10.8 Å². The van der Waals surface area contributed by atoms with E-state index in [1.807, 2.05) is 13.0 Å². The van der Waals surface area contributed by atoms with E-state index in [9.17, 15) is 14.7 Å². The first kappa shape index (κ1) is 25.6. The second-order valence-electron chi connectivity index (χ2n) is 11.1. The molecule has 0 bridgehead atoms. The number of hydrogen-bond donors (Lipinski definition) is 1. The number of rotatable bonds is 12. The van der Waals surface area contributed by atoms with E-state index in [1.165, 1.54) is 0 Å². The molecule has 0 unspecified atom stereocenters. The number of hydrogen-bond acceptors (Lipinski definition) is 4. The van der Waals surface area contributed by atoms with E-state index in [0.29, 0.717) is 5.57 Å². The van der Waals surface area contributed by atoms with E-state index in [0.717, 1.165) is 86.9 Å². The lowest BCUT2D eigenvalue weighted by Gasteiger charge is -2.43. The summed E-state index contributed by atoms with van der Waals surface area (Å²) in [5.74, 6) is -0.224. The molecule has 0 heterocycles. The molecule has 0 aliphatic heterocycles. The Morgan fingerprint density at radius 3 is 1.97 bits per heavy atom. The van der Waals surface area contributed by atoms with Crippen LogP contribution in [0.3, 0.4) is 0 Å². The predicted octanol–water partition coefficient (Wildman–Crippen LogP) is 6.29. The Kier molecular flexibility index (Phi) is 7.44. The van der Waals surface area contributed by atoms with Crippen molar-refractivity contribution < 1.29 is 19.1 Å². The second-order valence-corrected chi connectivity index (χ2v) is 15.2. The van der Waals surface area contributed by atoms with Crippen LogP contribution in [-0.4, -0.2) is 37.2 Å². The largest absolute Gasteiger partial charge is 0.409 e. The van der Waals surface area contributed by atoms with E-state index >= 15 is 0 Å². The van der Waals surface area contributed by atoms with Crippen LogP contribution in [0.4, 0.5) is 0 Å². The van der Waals surface area contributed by atoms with Crippen LogP contribution in [0.5, 0.6) is 0 Å². The molecule has 5 heteroatoms. The molecule has 3 aliphatic carbocycles. The summed E-state index contributed by atoms with van der Waals surface area (Å²) >= 11 is 0. The number of fused-ring (bicyclic) bond motifs is 1. The monoisotopic (exact) mass is 460 g/mol. The Labute approximate surface area is 196 Å². The lowest BCUT2D eigenvalue weighted by atomic mass is 9.67. The van der Waals surface area contributed by atoms with Crippen LogP contribution < -0.4 is 0 Å². The van der Waals surface area contributed by atoms with Gasteiger partial charge in [0.15, 0.2) is 14.1 Å². The highest BCUT2D eigenvalue weighted by atomic mass is 28.4. The molecule has 3 aliphatic rings. The maximum atomic E-state index is 13.4. The predicted molar refractivity (Wildman–Crippen MR) is 132 cm³/mol. The van der Waals surface area contributed by atoms with Crippen LogP contribution in [0.2, 0.25) is 18.1 Å². The molecule has 1 spiro atoms. The van der Waals surface area contributed by atoms with Crippen LogP contribution in [0.1, 0.15) is 92.9 Å². The molecule has 4 nitrogen and oxygen atoms in total. The summed E-state index contributed by atoms with van der Waals surface area (Å²) in [5, 5.41) is 11.2. The molecule has 3 rings (SSSR count). The van der Waals surface area contributed by atoms with E-state index < -0.39 is 30.9 Å². The SMILES string of the molecule is CCCC[Si](CCCC)(CCCC)O[C@@H]1C2=C(C)C3(CC3)[C@@](C)(O)C(=O)C2=C[C@@]1(C)C=O. The molecule has 1 N–H and O–H groups in total. The van der Waals surface area contributed by atoms with Crippen LogP contribution in [-0.2, 0) is 14.0 Å². The van der Waals surface area contributed by atoms with E-state index in [4.69, 9.17) is 4.43 Å². The number of Topliss-reactive ketones (excluding diaryl/α,β-unsaturated/α-hetero) is 1. The first-order valence-electron chi connectivity index (χ1n) is 12.9. The third-order valence-electron chi connectivity index (χ3n) is 8.64. The number of carbonyl (C=O) groups excluding carboxylic acids is 2. The van der Waals surface area contributed by atoms with Gasteiger partial charge < -0.3 is 14.3 Å². The highest BCUT2D eigenvalue weighted by Crippen LogP contribution is 2.66. The molecule has 0 saturated heterocycles. The zero-order chi connectivity index (χ0) is 23.8. The number of aldehydes is 1. The van der Waals surface area contributed by atoms with E-state index in [2.05, 4.69) is 27.7 Å². The quantitative estimate of drug-likeness (QED) is 0.274. The fourth-order valence-electron chi connectivity index (χ4n) is 6.17. The van der Waals surface area contributed by atoms with Crippen molar-refractivity contribution in [3.63, 3.8) is 0 Å². The Balaban J connectivity index is 2.09. The fourth-order valence-corrected chi connectivity index (χ4v) is 11.1. The first-order valence-corrected chi connectivity index (χ1v) is 15.5. The fraction of sp³-hybridized carbons (Fsp3) is 0.778. The number of carbonyl (C=O) groups is 2. The van der Waals surface area contributed by atoms with Crippen LogP contribution in [0.25, 0.3) is 0 Å². The van der Waals surface area contributed by atoms with Gasteiger partial charge >= 0.3 is 0 Å². The van der Waals surface area contributed by atoms with Crippen molar-refractivity contribution in [2.24, 2.45) is 10.8 Å². The molecule has 0 aromatic heterocycles. The van der Waals surface area contributed by atoms with Crippen molar-refractivity contribution in [2.45, 2.75) is 123 Å². The van der Waals surface area contributed by atoms with Gasteiger partial charge in [0.1, 0.15) is 11.9 Å². The summed E-state index contributed by atoms with van der Waals surface area (Å²) in [6, 6.07) is 3.36. The van der Waals surface area contributed by atoms with Gasteiger partial charge in [0.05, 0.1) is 11.5 Å². The average Bonchev–Trinajstić information content (AvgIpc) is 3.54. The normalized spacial score (nSPS) is 31.2. The van der Waals surface area contributed by atoms with Crippen molar-refractivity contribution in [1.82, 2.24) is 0 Å². The molecule has 1 saturated carbocycles. The highest BCUT2D eigenvalue weighted by Gasteiger charge is 2.67. The molecule has 3 atom stereocenters. The molecule has 32 heavy (non-hydrogen) atoms. The summed E-state index contributed by atoms with van der Waals surface area (Å²) in [7, 11) is -2.12. The van der Waals surface area contributed by atoms with Gasteiger partial charge in [-0.2, -0.15) is 0 Å². The van der Waals surface area contributed by atoms with Gasteiger partial charge in [0.25, 0.3) is 0 Å². The van der Waals surface area contributed by atoms with Gasteiger partial charge in [-0.15, -0.1) is 0 Å². The molecule has 0 aromatic rings. The maximum absolute atomic E-state index is 13.4. The minimum absolute atomic E-state index is 0.224. The standard InChI is InChI=1S/C27H44O4Si/c1-7-10-15-32(16-11-8-2,17-12-9-3)31-24-22-20(4)27(13-14-27)26(6,30)23(29)21(22)18-25(24,5)19-28/h18-19,24,30H,7-17H2,1-6H3/t24-,25+,26+/m1/s1. The Morgan fingerprint density at radius 1 is 1.06 bits per heavy atom. The summed E-state index contributed by atoms with van der Waals surface area (Å²) in [6.45, 7) is 12.3. The Bertz CT molecular complexity index is 783. The number of aliphatic hydroxyl groups is 1. The third kappa shape index (κ3) is 4.03. The zero-order valence-corrected chi connectivity index (χ0v) is 22.2. The van der Waals surface area contributed by atoms with Crippen LogP contribution >= 0.6 is 0 Å². The van der Waals surface area contributed by atoms with Crippen LogP contribution in [0.15, 0.2) is 22.8 Å². The minimum atomic E-state index is -2.12. The summed E-state index contributed by atoms with van der Waals surface area (Å²) < 4.78 is 7.25. The van der Waals surface area contributed by atoms with E-state index in [-0.39, 0.29) is 5.78 Å². The Hall–Kier alpha value is -1.04. The summed E-state index contributed by atoms with van der Waals surface area (Å²) in [4.78, 5) is 25.9. The highest BCUT2D eigenvalue weighted by molar-refractivity contribution is 6.74. The molecule has 180 valence electrons. The van der Waals surface area contributed by atoms with E-state index in [1.54, 1.807) is 6.92 Å². The summed E-state index contributed by atoms with van der Waals surface area (Å²) in [6.07, 6.45) is 10.9. The maximum Gasteiger partial charge on any atom is 0.195 e. The molecule has 1 fully saturated rings. The van der Waals surface area contributed by atoms with Gasteiger partial charge in [-0.3, -0.25) is 4.79 Å². The minimum Gasteiger partial charge on any atom is -0.409 e. The van der Waals surface area contributed by atoms with Crippen molar-refractivity contribution in [1.29, 1.82) is 0 Å².